The Balaban J connectivity index is 2.01. The van der Waals surface area contributed by atoms with Crippen LogP contribution in [0.2, 0.25) is 0 Å². The van der Waals surface area contributed by atoms with Crippen molar-refractivity contribution in [1.82, 2.24) is 10.3 Å². The molecule has 8 heteroatoms. The summed E-state index contributed by atoms with van der Waals surface area (Å²) in [6.07, 6.45) is -0.184. The number of rotatable bonds is 7. The third-order valence-corrected chi connectivity index (χ3v) is 4.80. The van der Waals surface area contributed by atoms with Crippen LogP contribution in [0, 0.1) is 5.92 Å². The van der Waals surface area contributed by atoms with Crippen LogP contribution in [0.25, 0.3) is 10.6 Å². The normalized spacial score (nSPS) is 11.9. The predicted molar refractivity (Wildman–Crippen MR) is 103 cm³/mol. The highest BCUT2D eigenvalue weighted by Gasteiger charge is 2.27. The minimum atomic E-state index is -1.09. The van der Waals surface area contributed by atoms with Crippen LogP contribution < -0.4 is 11.1 Å². The fraction of sp³-hybridized carbons (Fsp3) is 0.368. The van der Waals surface area contributed by atoms with Gasteiger partial charge in [0.05, 0.1) is 12.1 Å². The van der Waals surface area contributed by atoms with Gasteiger partial charge >= 0.3 is 12.0 Å². The first kappa shape index (κ1) is 20.6. The summed E-state index contributed by atoms with van der Waals surface area (Å²) < 4.78 is 5.23. The van der Waals surface area contributed by atoms with E-state index in [1.165, 1.54) is 16.9 Å². The fourth-order valence-corrected chi connectivity index (χ4v) is 3.25. The number of thiazole rings is 1. The number of ether oxygens (including phenoxy) is 1. The largest absolute Gasteiger partial charge is 0.452 e. The number of esters is 1. The molecule has 1 atom stereocenters. The van der Waals surface area contributed by atoms with Crippen molar-refractivity contribution in [2.45, 2.75) is 39.7 Å². The van der Waals surface area contributed by atoms with Crippen molar-refractivity contribution in [3.63, 3.8) is 0 Å². The maximum Gasteiger partial charge on any atom is 0.318 e. The lowest BCUT2D eigenvalue weighted by Crippen LogP contribution is -2.45. The number of benzene rings is 1. The molecule has 0 spiro atoms. The first-order chi connectivity index (χ1) is 12.8. The van der Waals surface area contributed by atoms with Gasteiger partial charge in [-0.2, -0.15) is 0 Å². The summed E-state index contributed by atoms with van der Waals surface area (Å²) >= 11 is 1.44. The Morgan fingerprint density at radius 2 is 1.89 bits per heavy atom. The molecule has 27 heavy (non-hydrogen) atoms. The zero-order chi connectivity index (χ0) is 20.0. The molecule has 0 aliphatic rings. The van der Waals surface area contributed by atoms with Gasteiger partial charge in [-0.3, -0.25) is 14.9 Å². The second-order valence-corrected chi connectivity index (χ2v) is 7.24. The molecule has 1 aromatic heterocycles. The smallest absolute Gasteiger partial charge is 0.318 e. The molecular formula is C19H23N3O4S. The van der Waals surface area contributed by atoms with Gasteiger partial charge in [-0.25, -0.2) is 9.78 Å². The van der Waals surface area contributed by atoms with E-state index in [9.17, 15) is 14.4 Å². The first-order valence-electron chi connectivity index (χ1n) is 8.63. The topological polar surface area (TPSA) is 111 Å². The maximum atomic E-state index is 12.2. The van der Waals surface area contributed by atoms with Crippen LogP contribution in [-0.4, -0.2) is 29.0 Å². The summed E-state index contributed by atoms with van der Waals surface area (Å²) in [5.41, 5.74) is 7.74. The molecule has 2 aromatic rings. The van der Waals surface area contributed by atoms with E-state index < -0.39 is 24.0 Å². The number of hydrogen-bond donors (Lipinski definition) is 2. The van der Waals surface area contributed by atoms with Crippen LogP contribution in [-0.2, 0) is 27.2 Å². The van der Waals surface area contributed by atoms with Gasteiger partial charge in [0.25, 0.3) is 5.91 Å². The Bertz CT molecular complexity index is 815. The van der Waals surface area contributed by atoms with E-state index in [-0.39, 0.29) is 12.3 Å². The average molecular weight is 389 g/mol. The summed E-state index contributed by atoms with van der Waals surface area (Å²) in [6, 6.07) is 7.12. The minimum absolute atomic E-state index is 0.0589. The molecule has 0 radical (unpaired) electrons. The van der Waals surface area contributed by atoms with E-state index in [1.807, 2.05) is 17.4 Å². The number of nitrogens with one attached hydrogen (secondary N) is 1. The molecule has 0 aliphatic carbocycles. The Hall–Kier alpha value is -2.74. The lowest BCUT2D eigenvalue weighted by Gasteiger charge is -2.19. The Kier molecular flexibility index (Phi) is 7.06. The van der Waals surface area contributed by atoms with E-state index in [4.69, 9.17) is 10.5 Å². The maximum absolute atomic E-state index is 12.2. The SMILES string of the molecule is CCc1ccc(-c2nc(CC(=O)O[C@@H](C(=O)NC(N)=O)C(C)C)cs2)cc1. The number of aromatic nitrogens is 1. The zero-order valence-electron chi connectivity index (χ0n) is 15.5. The number of carbonyl (C=O) groups excluding carboxylic acids is 3. The van der Waals surface area contributed by atoms with Crippen molar-refractivity contribution in [3.8, 4) is 10.6 Å². The van der Waals surface area contributed by atoms with Gasteiger partial charge in [0.1, 0.15) is 5.01 Å². The Morgan fingerprint density at radius 1 is 1.22 bits per heavy atom. The van der Waals surface area contributed by atoms with Crippen molar-refractivity contribution < 1.29 is 19.1 Å². The lowest BCUT2D eigenvalue weighted by molar-refractivity contribution is -0.157. The van der Waals surface area contributed by atoms with Gasteiger partial charge in [-0.05, 0) is 17.9 Å². The van der Waals surface area contributed by atoms with E-state index in [2.05, 4.69) is 24.0 Å². The number of nitrogens with zero attached hydrogens (tertiary/aromatic N) is 1. The Labute approximate surface area is 161 Å². The van der Waals surface area contributed by atoms with Crippen LogP contribution in [0.5, 0.6) is 0 Å². The van der Waals surface area contributed by atoms with Gasteiger partial charge in [-0.15, -0.1) is 11.3 Å². The zero-order valence-corrected chi connectivity index (χ0v) is 16.3. The van der Waals surface area contributed by atoms with E-state index in [0.29, 0.717) is 5.69 Å². The molecule has 3 N–H and O–H groups in total. The van der Waals surface area contributed by atoms with Crippen molar-refractivity contribution >= 4 is 29.2 Å². The van der Waals surface area contributed by atoms with Gasteiger partial charge in [0, 0.05) is 10.9 Å². The molecule has 144 valence electrons. The molecule has 0 fully saturated rings. The first-order valence-corrected chi connectivity index (χ1v) is 9.51. The van der Waals surface area contributed by atoms with Crippen molar-refractivity contribution in [2.24, 2.45) is 11.7 Å². The second-order valence-electron chi connectivity index (χ2n) is 6.38. The molecule has 1 aromatic carbocycles. The molecular weight excluding hydrogens is 366 g/mol. The molecule has 7 nitrogen and oxygen atoms in total. The number of amides is 3. The number of urea groups is 1. The molecule has 0 saturated carbocycles. The fourth-order valence-electron chi connectivity index (χ4n) is 2.42. The summed E-state index contributed by atoms with van der Waals surface area (Å²) in [5.74, 6) is -1.64. The number of aryl methyl sites for hydroxylation is 1. The highest BCUT2D eigenvalue weighted by atomic mass is 32.1. The van der Waals surface area contributed by atoms with Crippen LogP contribution >= 0.6 is 11.3 Å². The standard InChI is InChI=1S/C19H23N3O4S/c1-4-12-5-7-13(8-6-12)18-21-14(10-27-18)9-15(23)26-16(11(2)3)17(24)22-19(20)25/h5-8,10-11,16H,4,9H2,1-3H3,(H3,20,22,24,25)/t16-/m1/s1. The summed E-state index contributed by atoms with van der Waals surface area (Å²) in [4.78, 5) is 39.4. The van der Waals surface area contributed by atoms with Crippen LogP contribution in [0.15, 0.2) is 29.6 Å². The molecule has 3 amide bonds. The van der Waals surface area contributed by atoms with E-state index in [0.717, 1.165) is 17.0 Å². The number of carbonyl (C=O) groups is 3. The van der Waals surface area contributed by atoms with Crippen LogP contribution in [0.4, 0.5) is 4.79 Å². The highest BCUT2D eigenvalue weighted by molar-refractivity contribution is 7.13. The number of nitrogens with two attached hydrogens (primary N) is 1. The summed E-state index contributed by atoms with van der Waals surface area (Å²) in [5, 5.41) is 4.54. The monoisotopic (exact) mass is 389 g/mol. The summed E-state index contributed by atoms with van der Waals surface area (Å²) in [7, 11) is 0. The van der Waals surface area contributed by atoms with Gasteiger partial charge in [0.15, 0.2) is 6.10 Å². The van der Waals surface area contributed by atoms with Crippen molar-refractivity contribution in [1.29, 1.82) is 0 Å². The second kappa shape index (κ2) is 9.27. The third kappa shape index (κ3) is 5.89. The number of primary amides is 1. The van der Waals surface area contributed by atoms with Crippen LogP contribution in [0.3, 0.4) is 0 Å². The molecule has 2 rings (SSSR count). The summed E-state index contributed by atoms with van der Waals surface area (Å²) in [6.45, 7) is 5.51. The van der Waals surface area contributed by atoms with Crippen molar-refractivity contribution in [3.05, 3.63) is 40.9 Å². The Morgan fingerprint density at radius 3 is 2.44 bits per heavy atom. The third-order valence-electron chi connectivity index (χ3n) is 3.86. The highest BCUT2D eigenvalue weighted by Crippen LogP contribution is 2.24. The van der Waals surface area contributed by atoms with Crippen molar-refractivity contribution in [2.75, 3.05) is 0 Å². The van der Waals surface area contributed by atoms with Gasteiger partial charge in [-0.1, -0.05) is 45.0 Å². The quantitative estimate of drug-likeness (QED) is 0.707. The van der Waals surface area contributed by atoms with Crippen LogP contribution in [0.1, 0.15) is 32.0 Å². The average Bonchev–Trinajstić information content (AvgIpc) is 3.07. The molecule has 0 bridgehead atoms. The van der Waals surface area contributed by atoms with Gasteiger partial charge in [0.2, 0.25) is 0 Å². The predicted octanol–water partition coefficient (Wildman–Crippen LogP) is 2.68. The number of imide groups is 1. The minimum Gasteiger partial charge on any atom is -0.452 e. The van der Waals surface area contributed by atoms with E-state index in [1.54, 1.807) is 19.2 Å². The number of hydrogen-bond acceptors (Lipinski definition) is 6. The lowest BCUT2D eigenvalue weighted by atomic mass is 10.1. The molecule has 0 unspecified atom stereocenters. The van der Waals surface area contributed by atoms with E-state index >= 15 is 0 Å². The molecule has 1 heterocycles. The molecule has 0 saturated heterocycles. The molecule has 0 aliphatic heterocycles. The van der Waals surface area contributed by atoms with Gasteiger partial charge < -0.3 is 10.5 Å².